The molecule has 0 unspecified atom stereocenters. The van der Waals surface area contributed by atoms with Crippen LogP contribution in [0.2, 0.25) is 0 Å². The van der Waals surface area contributed by atoms with E-state index in [0.717, 1.165) is 27.8 Å². The minimum Gasteiger partial charge on any atom is -0.466 e. The van der Waals surface area contributed by atoms with E-state index in [1.807, 2.05) is 6.92 Å². The highest BCUT2D eigenvalue weighted by Gasteiger charge is 2.00. The molecule has 0 aliphatic heterocycles. The first-order valence-electron chi connectivity index (χ1n) is 5.96. The summed E-state index contributed by atoms with van der Waals surface area (Å²) in [5, 5.41) is 0. The lowest BCUT2D eigenvalue weighted by Crippen LogP contribution is -2.04. The second-order valence-electron chi connectivity index (χ2n) is 3.53. The first kappa shape index (κ1) is 17.3. The topological polar surface area (TPSA) is 26.3 Å². The molecule has 0 aromatic heterocycles. The first-order valence-corrected chi connectivity index (χ1v) is 7.96. The summed E-state index contributed by atoms with van der Waals surface area (Å²) in [5.41, 5.74) is 0. The van der Waals surface area contributed by atoms with Gasteiger partial charge >= 0.3 is 5.97 Å². The molecule has 0 heterocycles. The zero-order chi connectivity index (χ0) is 11.9. The second kappa shape index (κ2) is 16.3. The van der Waals surface area contributed by atoms with Crippen LogP contribution < -0.4 is 0 Å². The van der Waals surface area contributed by atoms with Crippen molar-refractivity contribution in [3.63, 3.8) is 0 Å². The van der Waals surface area contributed by atoms with Crippen molar-refractivity contribution in [3.8, 4) is 0 Å². The van der Waals surface area contributed by atoms with Gasteiger partial charge in [-0.3, -0.25) is 4.79 Å². The van der Waals surface area contributed by atoms with Gasteiger partial charge < -0.3 is 4.74 Å². The molecular weight excluding hydrogens is 207 g/mol. The number of unbranched alkanes of at least 4 members (excludes halogenated alkanes) is 3. The van der Waals surface area contributed by atoms with E-state index in [4.69, 9.17) is 4.74 Å². The summed E-state index contributed by atoms with van der Waals surface area (Å²) in [4.78, 5) is 10.9. The molecule has 0 aromatic carbocycles. The second-order valence-corrected chi connectivity index (χ2v) is 4.53. The Kier molecular flexibility index (Phi) is 18.8. The summed E-state index contributed by atoms with van der Waals surface area (Å²) in [6, 6.07) is 0. The number of ether oxygens (including phenoxy) is 1. The Morgan fingerprint density at radius 2 is 1.67 bits per heavy atom. The van der Waals surface area contributed by atoms with E-state index in [2.05, 4.69) is 20.3 Å². The zero-order valence-corrected chi connectivity index (χ0v) is 11.8. The van der Waals surface area contributed by atoms with Gasteiger partial charge in [0.05, 0.1) is 6.61 Å². The van der Waals surface area contributed by atoms with Crippen molar-refractivity contribution >= 4 is 14.6 Å². The van der Waals surface area contributed by atoms with E-state index in [1.165, 1.54) is 12.8 Å². The molecule has 0 radical (unpaired) electrons. The lowest BCUT2D eigenvalue weighted by atomic mass is 10.2. The van der Waals surface area contributed by atoms with Crippen molar-refractivity contribution in [1.29, 1.82) is 0 Å². The molecule has 15 heavy (non-hydrogen) atoms. The lowest BCUT2D eigenvalue weighted by molar-refractivity contribution is -0.143. The summed E-state index contributed by atoms with van der Waals surface area (Å²) in [5.74, 6) is -0.0343. The molecule has 0 aromatic rings. The van der Waals surface area contributed by atoms with Crippen LogP contribution in [0, 0.1) is 0 Å². The SMILES string of the molecule is CCCCCCC(=O)OCCC.CPC. The maximum Gasteiger partial charge on any atom is 0.305 e. The molecule has 0 amide bonds. The van der Waals surface area contributed by atoms with Crippen LogP contribution in [0.25, 0.3) is 0 Å². The molecule has 0 N–H and O–H groups in total. The summed E-state index contributed by atoms with van der Waals surface area (Å²) in [6.45, 7) is 9.05. The Balaban J connectivity index is 0. The van der Waals surface area contributed by atoms with Crippen molar-refractivity contribution in [2.24, 2.45) is 0 Å². The van der Waals surface area contributed by atoms with Crippen LogP contribution in [-0.2, 0) is 9.53 Å². The third kappa shape index (κ3) is 20.1. The van der Waals surface area contributed by atoms with Crippen molar-refractivity contribution < 1.29 is 9.53 Å². The maximum atomic E-state index is 10.9. The lowest BCUT2D eigenvalue weighted by Gasteiger charge is -2.01. The van der Waals surface area contributed by atoms with E-state index in [1.54, 1.807) is 0 Å². The summed E-state index contributed by atoms with van der Waals surface area (Å²) >= 11 is 0. The number of esters is 1. The van der Waals surface area contributed by atoms with E-state index in [9.17, 15) is 4.79 Å². The average molecular weight is 234 g/mol. The number of carbonyl (C=O) groups excluding carboxylic acids is 1. The number of hydrogen-bond donors (Lipinski definition) is 0. The molecule has 2 nitrogen and oxygen atoms in total. The minimum atomic E-state index is -0.0343. The van der Waals surface area contributed by atoms with E-state index < -0.39 is 0 Å². The maximum absolute atomic E-state index is 10.9. The highest BCUT2D eigenvalue weighted by molar-refractivity contribution is 7.35. The third-order valence-corrected chi connectivity index (χ3v) is 1.70. The fourth-order valence-electron chi connectivity index (χ4n) is 0.984. The van der Waals surface area contributed by atoms with Gasteiger partial charge in [-0.05, 0) is 26.2 Å². The monoisotopic (exact) mass is 234 g/mol. The van der Waals surface area contributed by atoms with Crippen molar-refractivity contribution in [3.05, 3.63) is 0 Å². The number of hydrogen-bond acceptors (Lipinski definition) is 2. The molecule has 0 saturated carbocycles. The van der Waals surface area contributed by atoms with Crippen molar-refractivity contribution in [2.75, 3.05) is 19.9 Å². The smallest absolute Gasteiger partial charge is 0.305 e. The predicted molar refractivity (Wildman–Crippen MR) is 70.2 cm³/mol. The highest BCUT2D eigenvalue weighted by Crippen LogP contribution is 2.03. The fraction of sp³-hybridized carbons (Fsp3) is 0.917. The molecule has 0 bridgehead atoms. The van der Waals surface area contributed by atoms with Gasteiger partial charge in [-0.1, -0.05) is 33.1 Å². The minimum absolute atomic E-state index is 0.0343. The van der Waals surface area contributed by atoms with Crippen LogP contribution in [0.5, 0.6) is 0 Å². The molecule has 0 aliphatic rings. The Morgan fingerprint density at radius 3 is 2.13 bits per heavy atom. The number of rotatable bonds is 7. The molecular formula is C12H27O2P. The molecule has 92 valence electrons. The fourth-order valence-corrected chi connectivity index (χ4v) is 0.984. The predicted octanol–water partition coefficient (Wildman–Crippen LogP) is 3.83. The van der Waals surface area contributed by atoms with Crippen molar-refractivity contribution in [1.82, 2.24) is 0 Å². The Bertz CT molecular complexity index is 127. The third-order valence-electron chi connectivity index (χ3n) is 1.70. The Hall–Kier alpha value is -0.100. The molecule has 0 aliphatic carbocycles. The highest BCUT2D eigenvalue weighted by atomic mass is 31.1. The van der Waals surface area contributed by atoms with Crippen molar-refractivity contribution in [2.45, 2.75) is 52.4 Å². The normalized spacial score (nSPS) is 9.07. The van der Waals surface area contributed by atoms with Gasteiger partial charge in [0.1, 0.15) is 0 Å². The first-order chi connectivity index (χ1) is 7.22. The quantitative estimate of drug-likeness (QED) is 0.380. The van der Waals surface area contributed by atoms with E-state index in [-0.39, 0.29) is 5.97 Å². The van der Waals surface area contributed by atoms with Crippen LogP contribution in [0.1, 0.15) is 52.4 Å². The number of carbonyl (C=O) groups is 1. The van der Waals surface area contributed by atoms with Crippen LogP contribution in [0.4, 0.5) is 0 Å². The van der Waals surface area contributed by atoms with Gasteiger partial charge in [0.2, 0.25) is 0 Å². The molecule has 0 atom stereocenters. The van der Waals surface area contributed by atoms with Gasteiger partial charge in [0.15, 0.2) is 0 Å². The van der Waals surface area contributed by atoms with E-state index in [0.29, 0.717) is 13.0 Å². The van der Waals surface area contributed by atoms with Crippen LogP contribution in [-0.4, -0.2) is 25.9 Å². The molecule has 0 rings (SSSR count). The van der Waals surface area contributed by atoms with Gasteiger partial charge in [-0.25, -0.2) is 0 Å². The zero-order valence-electron chi connectivity index (χ0n) is 10.8. The molecule has 0 spiro atoms. The van der Waals surface area contributed by atoms with Gasteiger partial charge in [-0.2, -0.15) is 0 Å². The van der Waals surface area contributed by atoms with Gasteiger partial charge in [-0.15, -0.1) is 8.58 Å². The van der Waals surface area contributed by atoms with Crippen LogP contribution in [0.15, 0.2) is 0 Å². The molecule has 0 saturated heterocycles. The molecule has 3 heteroatoms. The average Bonchev–Trinajstić information content (AvgIpc) is 2.23. The summed E-state index contributed by atoms with van der Waals surface area (Å²) in [7, 11) is 1.08. The van der Waals surface area contributed by atoms with Gasteiger partial charge in [0.25, 0.3) is 0 Å². The van der Waals surface area contributed by atoms with Crippen LogP contribution >= 0.6 is 8.58 Å². The standard InChI is InChI=1S/C10H20O2.C2H7P/c1-3-5-6-7-8-10(11)12-9-4-2;1-3-2/h3-9H2,1-2H3;3H,1-2H3. The Morgan fingerprint density at radius 1 is 1.07 bits per heavy atom. The van der Waals surface area contributed by atoms with E-state index >= 15 is 0 Å². The summed E-state index contributed by atoms with van der Waals surface area (Å²) < 4.78 is 4.93. The molecule has 0 fully saturated rings. The summed E-state index contributed by atoms with van der Waals surface area (Å²) in [6.07, 6.45) is 6.08. The van der Waals surface area contributed by atoms with Gasteiger partial charge in [0, 0.05) is 6.42 Å². The van der Waals surface area contributed by atoms with Crippen LogP contribution in [0.3, 0.4) is 0 Å². The Labute approximate surface area is 96.9 Å². The largest absolute Gasteiger partial charge is 0.466 e.